The Hall–Kier alpha value is -0.464. The van der Waals surface area contributed by atoms with E-state index < -0.39 is 11.9 Å². The molecule has 0 unspecified atom stereocenters. The van der Waals surface area contributed by atoms with Crippen LogP contribution in [0, 0.1) is 0 Å². The molecule has 0 bridgehead atoms. The largest absolute Gasteiger partial charge is 3.00 e. The van der Waals surface area contributed by atoms with E-state index >= 15 is 0 Å². The van der Waals surface area contributed by atoms with E-state index in [1.165, 1.54) is 64.2 Å². The van der Waals surface area contributed by atoms with E-state index in [0.29, 0.717) is 0 Å². The summed E-state index contributed by atoms with van der Waals surface area (Å²) in [6.45, 7) is 4.38. The van der Waals surface area contributed by atoms with Gasteiger partial charge < -0.3 is 25.3 Å². The van der Waals surface area contributed by atoms with Crippen LogP contribution in [0.25, 0.3) is 0 Å². The Bertz CT molecular complexity index is 257. The topological polar surface area (TPSA) is 110 Å². The molecule has 0 aliphatic heterocycles. The SMILES string of the molecule is CCCCCCCCCC(=O)[O-].CCCCCCCCCC(=O)[O-].[Ga+3].[OH-]. The Morgan fingerprint density at radius 3 is 1.00 bits per heavy atom. The number of hydrogen-bond donors (Lipinski definition) is 0. The molecule has 0 saturated carbocycles. The van der Waals surface area contributed by atoms with E-state index in [0.717, 1.165) is 25.7 Å². The van der Waals surface area contributed by atoms with Gasteiger partial charge >= 0.3 is 19.8 Å². The van der Waals surface area contributed by atoms with Gasteiger partial charge in [0.15, 0.2) is 0 Å². The van der Waals surface area contributed by atoms with E-state index in [1.807, 2.05) is 0 Å². The zero-order valence-electron chi connectivity index (χ0n) is 17.0. The Kier molecular flexibility index (Phi) is 37.4. The summed E-state index contributed by atoms with van der Waals surface area (Å²) >= 11 is 0. The van der Waals surface area contributed by atoms with Crippen LogP contribution in [0.15, 0.2) is 0 Å². The number of unbranched alkanes of at least 4 members (excludes halogenated alkanes) is 12. The molecule has 0 fully saturated rings. The van der Waals surface area contributed by atoms with Crippen molar-refractivity contribution in [2.75, 3.05) is 0 Å². The molecular formula is C20H39GaO5. The minimum Gasteiger partial charge on any atom is -0.870 e. The van der Waals surface area contributed by atoms with Crippen molar-refractivity contribution >= 4 is 31.7 Å². The standard InChI is InChI=1S/2C10H20O2.Ga.H2O/c2*1-2-3-4-5-6-7-8-9-10(11)12;;/h2*2-9H2,1H3,(H,11,12);;1H2/q;;+3;/p-3. The molecule has 0 aromatic carbocycles. The fourth-order valence-electron chi connectivity index (χ4n) is 2.45. The number of aliphatic carboxylic acids is 2. The van der Waals surface area contributed by atoms with Crippen LogP contribution in [-0.2, 0) is 9.59 Å². The maximum atomic E-state index is 10.0. The van der Waals surface area contributed by atoms with Gasteiger partial charge in [-0.1, -0.05) is 90.9 Å². The fourth-order valence-corrected chi connectivity index (χ4v) is 2.45. The van der Waals surface area contributed by atoms with Gasteiger partial charge in [-0.05, 0) is 25.7 Å². The Balaban J connectivity index is -0.000000173. The first-order chi connectivity index (χ1) is 11.5. The van der Waals surface area contributed by atoms with Crippen LogP contribution >= 0.6 is 0 Å². The van der Waals surface area contributed by atoms with E-state index in [-0.39, 0.29) is 38.1 Å². The summed E-state index contributed by atoms with van der Waals surface area (Å²) in [5.74, 6) is -1.83. The molecule has 0 aromatic rings. The molecule has 26 heavy (non-hydrogen) atoms. The normalized spacial score (nSPS) is 9.31. The quantitative estimate of drug-likeness (QED) is 0.276. The summed E-state index contributed by atoms with van der Waals surface area (Å²) < 4.78 is 0. The van der Waals surface area contributed by atoms with Gasteiger partial charge in [0.1, 0.15) is 0 Å². The number of carboxylic acid groups (broad SMARTS) is 2. The van der Waals surface area contributed by atoms with Gasteiger partial charge in [-0.3, -0.25) is 0 Å². The minimum atomic E-state index is -0.913. The molecule has 0 saturated heterocycles. The van der Waals surface area contributed by atoms with E-state index in [4.69, 9.17) is 0 Å². The molecule has 0 spiro atoms. The van der Waals surface area contributed by atoms with Crippen molar-refractivity contribution in [3.8, 4) is 0 Å². The third-order valence-corrected chi connectivity index (χ3v) is 3.97. The molecule has 5 nitrogen and oxygen atoms in total. The Labute approximate surface area is 173 Å². The number of rotatable bonds is 16. The third kappa shape index (κ3) is 38.9. The second kappa shape index (κ2) is 29.3. The zero-order chi connectivity index (χ0) is 18.5. The molecule has 0 aromatic heterocycles. The molecular weight excluding hydrogens is 390 g/mol. The molecule has 0 amide bonds. The maximum absolute atomic E-state index is 10.0. The first kappa shape index (κ1) is 33.1. The summed E-state index contributed by atoms with van der Waals surface area (Å²) in [5, 5.41) is 20.0. The Morgan fingerprint density at radius 2 is 0.769 bits per heavy atom. The van der Waals surface area contributed by atoms with Gasteiger partial charge in [0.05, 0.1) is 0 Å². The number of carbonyl (C=O) groups excluding carboxylic acids is 2. The molecule has 0 rings (SSSR count). The summed E-state index contributed by atoms with van der Waals surface area (Å²) in [7, 11) is 0. The number of carboxylic acids is 2. The zero-order valence-corrected chi connectivity index (χ0v) is 19.4. The summed E-state index contributed by atoms with van der Waals surface area (Å²) in [6, 6.07) is 0. The predicted molar refractivity (Wildman–Crippen MR) is 103 cm³/mol. The van der Waals surface area contributed by atoms with Crippen molar-refractivity contribution in [3.05, 3.63) is 0 Å². The summed E-state index contributed by atoms with van der Waals surface area (Å²) in [5.41, 5.74) is 0. The maximum Gasteiger partial charge on any atom is 3.00 e. The van der Waals surface area contributed by atoms with Crippen molar-refractivity contribution in [2.45, 2.75) is 117 Å². The van der Waals surface area contributed by atoms with Crippen molar-refractivity contribution in [2.24, 2.45) is 0 Å². The average Bonchev–Trinajstić information content (AvgIpc) is 2.53. The smallest absolute Gasteiger partial charge is 0.870 e. The van der Waals surface area contributed by atoms with Crippen molar-refractivity contribution in [3.63, 3.8) is 0 Å². The van der Waals surface area contributed by atoms with Crippen molar-refractivity contribution in [1.29, 1.82) is 0 Å². The van der Waals surface area contributed by atoms with Crippen LogP contribution in [0.4, 0.5) is 0 Å². The molecule has 0 aliphatic carbocycles. The molecule has 0 radical (unpaired) electrons. The molecule has 0 heterocycles. The van der Waals surface area contributed by atoms with E-state index in [2.05, 4.69) is 13.8 Å². The first-order valence-corrected chi connectivity index (χ1v) is 9.94. The van der Waals surface area contributed by atoms with Crippen molar-refractivity contribution in [1.82, 2.24) is 0 Å². The van der Waals surface area contributed by atoms with Crippen LogP contribution in [0.5, 0.6) is 0 Å². The van der Waals surface area contributed by atoms with Gasteiger partial charge in [-0.25, -0.2) is 0 Å². The fraction of sp³-hybridized carbons (Fsp3) is 0.900. The van der Waals surface area contributed by atoms with Crippen LogP contribution in [-0.4, -0.2) is 37.2 Å². The van der Waals surface area contributed by atoms with Gasteiger partial charge in [0.25, 0.3) is 0 Å². The minimum absolute atomic E-state index is 0. The van der Waals surface area contributed by atoms with Crippen LogP contribution in [0.3, 0.4) is 0 Å². The second-order valence-electron chi connectivity index (χ2n) is 6.49. The Morgan fingerprint density at radius 1 is 0.538 bits per heavy atom. The second-order valence-corrected chi connectivity index (χ2v) is 6.49. The molecule has 152 valence electrons. The van der Waals surface area contributed by atoms with Crippen LogP contribution < -0.4 is 10.2 Å². The monoisotopic (exact) mass is 428 g/mol. The van der Waals surface area contributed by atoms with Gasteiger partial charge in [-0.2, -0.15) is 0 Å². The summed E-state index contributed by atoms with van der Waals surface area (Å²) in [6.07, 6.45) is 16.7. The van der Waals surface area contributed by atoms with E-state index in [1.54, 1.807) is 0 Å². The van der Waals surface area contributed by atoms with Crippen LogP contribution in [0.1, 0.15) is 117 Å². The first-order valence-electron chi connectivity index (χ1n) is 9.94. The van der Waals surface area contributed by atoms with Crippen molar-refractivity contribution < 1.29 is 25.3 Å². The van der Waals surface area contributed by atoms with Crippen LogP contribution in [0.2, 0.25) is 0 Å². The van der Waals surface area contributed by atoms with Gasteiger partial charge in [-0.15, -0.1) is 0 Å². The molecule has 0 aliphatic rings. The molecule has 6 heteroatoms. The number of carbonyl (C=O) groups is 2. The third-order valence-electron chi connectivity index (χ3n) is 3.97. The number of hydrogen-bond acceptors (Lipinski definition) is 5. The molecule has 0 atom stereocenters. The predicted octanol–water partition coefficient (Wildman–Crippen LogP) is 3.20. The van der Waals surface area contributed by atoms with E-state index in [9.17, 15) is 19.8 Å². The summed E-state index contributed by atoms with van der Waals surface area (Å²) in [4.78, 5) is 20.0. The van der Waals surface area contributed by atoms with Gasteiger partial charge in [0, 0.05) is 11.9 Å². The average molecular weight is 429 g/mol. The molecule has 1 N–H and O–H groups in total. The van der Waals surface area contributed by atoms with Gasteiger partial charge in [0.2, 0.25) is 0 Å².